The third kappa shape index (κ3) is 6.03. The number of hydroxylamine groups is 1. The van der Waals surface area contributed by atoms with Gasteiger partial charge in [-0.3, -0.25) is 19.6 Å². The molecule has 160 valence electrons. The number of aromatic nitrogens is 1. The molecule has 0 unspecified atom stereocenters. The molecule has 1 aliphatic rings. The summed E-state index contributed by atoms with van der Waals surface area (Å²) >= 11 is 0. The number of benzene rings is 1. The summed E-state index contributed by atoms with van der Waals surface area (Å²) in [5.74, 6) is -0.0763. The SMILES string of the molecule is O=C(CCCCCCNC(=O)c1ccc(C(=O)c2ccccc2)n1CC1CC1)NO. The zero-order valence-corrected chi connectivity index (χ0v) is 17.1. The monoisotopic (exact) mass is 411 g/mol. The molecule has 1 heterocycles. The van der Waals surface area contributed by atoms with Gasteiger partial charge in [-0.05, 0) is 43.7 Å². The van der Waals surface area contributed by atoms with Crippen LogP contribution in [-0.4, -0.2) is 33.9 Å². The van der Waals surface area contributed by atoms with Crippen molar-refractivity contribution in [2.45, 2.75) is 51.5 Å². The number of rotatable bonds is 12. The molecule has 0 aliphatic heterocycles. The first-order valence-corrected chi connectivity index (χ1v) is 10.6. The summed E-state index contributed by atoms with van der Waals surface area (Å²) < 4.78 is 1.87. The van der Waals surface area contributed by atoms with E-state index in [9.17, 15) is 14.4 Å². The van der Waals surface area contributed by atoms with Gasteiger partial charge < -0.3 is 9.88 Å². The first kappa shape index (κ1) is 21.8. The molecule has 1 aromatic heterocycles. The molecule has 1 aromatic carbocycles. The van der Waals surface area contributed by atoms with Gasteiger partial charge in [-0.25, -0.2) is 5.48 Å². The molecular formula is C23H29N3O4. The normalized spacial score (nSPS) is 13.1. The van der Waals surface area contributed by atoms with Crippen LogP contribution in [0.1, 0.15) is 71.5 Å². The van der Waals surface area contributed by atoms with Crippen molar-refractivity contribution in [3.05, 3.63) is 59.4 Å². The second-order valence-corrected chi connectivity index (χ2v) is 7.81. The topological polar surface area (TPSA) is 100 Å². The van der Waals surface area contributed by atoms with Gasteiger partial charge in [-0.15, -0.1) is 0 Å². The van der Waals surface area contributed by atoms with Crippen LogP contribution in [0.4, 0.5) is 0 Å². The number of unbranched alkanes of at least 4 members (excludes halogenated alkanes) is 3. The second kappa shape index (κ2) is 10.7. The summed E-state index contributed by atoms with van der Waals surface area (Å²) in [5, 5.41) is 11.4. The van der Waals surface area contributed by atoms with Crippen LogP contribution in [-0.2, 0) is 11.3 Å². The number of hydrogen-bond acceptors (Lipinski definition) is 4. The molecule has 1 saturated carbocycles. The van der Waals surface area contributed by atoms with E-state index in [0.29, 0.717) is 48.8 Å². The minimum absolute atomic E-state index is 0.0674. The van der Waals surface area contributed by atoms with E-state index in [1.54, 1.807) is 29.7 Å². The Kier molecular flexibility index (Phi) is 7.79. The van der Waals surface area contributed by atoms with Crippen molar-refractivity contribution in [1.82, 2.24) is 15.4 Å². The van der Waals surface area contributed by atoms with Crippen molar-refractivity contribution in [3.8, 4) is 0 Å². The van der Waals surface area contributed by atoms with Crippen LogP contribution in [0.2, 0.25) is 0 Å². The highest BCUT2D eigenvalue weighted by Crippen LogP contribution is 2.32. The van der Waals surface area contributed by atoms with Gasteiger partial charge in [-0.1, -0.05) is 43.2 Å². The molecule has 0 atom stereocenters. The van der Waals surface area contributed by atoms with E-state index >= 15 is 0 Å². The fourth-order valence-electron chi connectivity index (χ4n) is 3.47. The number of carbonyl (C=O) groups excluding carboxylic acids is 3. The van der Waals surface area contributed by atoms with E-state index in [0.717, 1.165) is 32.1 Å². The third-order valence-corrected chi connectivity index (χ3v) is 5.36. The molecule has 2 amide bonds. The van der Waals surface area contributed by atoms with Gasteiger partial charge in [0, 0.05) is 25.1 Å². The first-order chi connectivity index (χ1) is 14.6. The summed E-state index contributed by atoms with van der Waals surface area (Å²) in [4.78, 5) is 36.6. The predicted molar refractivity (Wildman–Crippen MR) is 112 cm³/mol. The number of nitrogens with zero attached hydrogens (tertiary/aromatic N) is 1. The lowest BCUT2D eigenvalue weighted by atomic mass is 10.1. The van der Waals surface area contributed by atoms with Crippen molar-refractivity contribution < 1.29 is 19.6 Å². The van der Waals surface area contributed by atoms with Crippen molar-refractivity contribution in [1.29, 1.82) is 0 Å². The van der Waals surface area contributed by atoms with Crippen LogP contribution < -0.4 is 10.8 Å². The van der Waals surface area contributed by atoms with E-state index in [-0.39, 0.29) is 17.6 Å². The number of nitrogens with one attached hydrogen (secondary N) is 2. The predicted octanol–water partition coefficient (Wildman–Crippen LogP) is 3.31. The van der Waals surface area contributed by atoms with Crippen LogP contribution in [0.3, 0.4) is 0 Å². The van der Waals surface area contributed by atoms with Crippen molar-refractivity contribution >= 4 is 17.6 Å². The van der Waals surface area contributed by atoms with Crippen molar-refractivity contribution in [2.75, 3.05) is 6.54 Å². The molecule has 1 aliphatic carbocycles. The maximum Gasteiger partial charge on any atom is 0.267 e. The molecule has 0 spiro atoms. The maximum atomic E-state index is 12.9. The summed E-state index contributed by atoms with van der Waals surface area (Å²) in [6.07, 6.45) is 5.83. The number of hydrogen-bond donors (Lipinski definition) is 3. The molecule has 7 heteroatoms. The second-order valence-electron chi connectivity index (χ2n) is 7.81. The Morgan fingerprint density at radius 1 is 0.933 bits per heavy atom. The molecule has 0 bridgehead atoms. The molecule has 7 nitrogen and oxygen atoms in total. The average Bonchev–Trinajstić information content (AvgIpc) is 3.49. The summed E-state index contributed by atoms with van der Waals surface area (Å²) in [7, 11) is 0. The summed E-state index contributed by atoms with van der Waals surface area (Å²) in [6, 6.07) is 12.6. The van der Waals surface area contributed by atoms with Gasteiger partial charge in [0.2, 0.25) is 11.7 Å². The molecule has 1 fully saturated rings. The maximum absolute atomic E-state index is 12.9. The van der Waals surface area contributed by atoms with Gasteiger partial charge in [0.25, 0.3) is 5.91 Å². The van der Waals surface area contributed by atoms with Crippen molar-refractivity contribution in [2.24, 2.45) is 5.92 Å². The van der Waals surface area contributed by atoms with Crippen LogP contribution in [0.25, 0.3) is 0 Å². The first-order valence-electron chi connectivity index (χ1n) is 10.6. The Morgan fingerprint density at radius 3 is 2.33 bits per heavy atom. The van der Waals surface area contributed by atoms with Gasteiger partial charge in [0.15, 0.2) is 0 Å². The van der Waals surface area contributed by atoms with Crippen molar-refractivity contribution in [3.63, 3.8) is 0 Å². The minimum Gasteiger partial charge on any atom is -0.351 e. The van der Waals surface area contributed by atoms with Gasteiger partial charge >= 0.3 is 0 Å². The van der Waals surface area contributed by atoms with Crippen LogP contribution >= 0.6 is 0 Å². The third-order valence-electron chi connectivity index (χ3n) is 5.36. The van der Waals surface area contributed by atoms with Crippen LogP contribution in [0, 0.1) is 5.92 Å². The molecule has 0 radical (unpaired) electrons. The molecule has 30 heavy (non-hydrogen) atoms. The quantitative estimate of drug-likeness (QED) is 0.216. The fourth-order valence-corrected chi connectivity index (χ4v) is 3.47. The van der Waals surface area contributed by atoms with Gasteiger partial charge in [0.1, 0.15) is 5.69 Å². The Morgan fingerprint density at radius 2 is 1.63 bits per heavy atom. The van der Waals surface area contributed by atoms with E-state index in [2.05, 4.69) is 5.32 Å². The van der Waals surface area contributed by atoms with E-state index in [4.69, 9.17) is 5.21 Å². The molecule has 2 aromatic rings. The number of ketones is 1. The fraction of sp³-hybridized carbons (Fsp3) is 0.435. The van der Waals surface area contributed by atoms with Gasteiger partial charge in [-0.2, -0.15) is 0 Å². The number of amides is 2. The summed E-state index contributed by atoms with van der Waals surface area (Å²) in [5.41, 5.74) is 3.33. The number of carbonyl (C=O) groups is 3. The molecule has 3 rings (SSSR count). The molecule has 3 N–H and O–H groups in total. The lowest BCUT2D eigenvalue weighted by Crippen LogP contribution is -2.28. The van der Waals surface area contributed by atoms with Crippen LogP contribution in [0.15, 0.2) is 42.5 Å². The van der Waals surface area contributed by atoms with E-state index < -0.39 is 0 Å². The molecule has 0 saturated heterocycles. The zero-order valence-electron chi connectivity index (χ0n) is 17.1. The minimum atomic E-state index is -0.374. The highest BCUT2D eigenvalue weighted by molar-refractivity contribution is 6.09. The largest absolute Gasteiger partial charge is 0.351 e. The Labute approximate surface area is 176 Å². The lowest BCUT2D eigenvalue weighted by molar-refractivity contribution is -0.129. The van der Waals surface area contributed by atoms with Crippen LogP contribution in [0.5, 0.6) is 0 Å². The molecular weight excluding hydrogens is 382 g/mol. The Balaban J connectivity index is 1.55. The van der Waals surface area contributed by atoms with Gasteiger partial charge in [0.05, 0.1) is 5.69 Å². The smallest absolute Gasteiger partial charge is 0.267 e. The average molecular weight is 412 g/mol. The zero-order chi connectivity index (χ0) is 21.3. The Hall–Kier alpha value is -2.93. The van der Waals surface area contributed by atoms with E-state index in [1.807, 2.05) is 22.8 Å². The highest BCUT2D eigenvalue weighted by atomic mass is 16.5. The summed E-state index contributed by atoms with van der Waals surface area (Å²) in [6.45, 7) is 1.23. The van der Waals surface area contributed by atoms with E-state index in [1.165, 1.54) is 0 Å². The Bertz CT molecular complexity index is 872. The standard InChI is InChI=1S/C23H29N3O4/c27-21(25-30)10-6-1-2-7-15-24-23(29)20-14-13-19(26(20)16-17-11-12-17)22(28)18-8-4-3-5-9-18/h3-5,8-9,13-14,17,30H,1-2,6-7,10-12,15-16H2,(H,24,29)(H,25,27). The lowest BCUT2D eigenvalue weighted by Gasteiger charge is -2.13. The highest BCUT2D eigenvalue weighted by Gasteiger charge is 2.27.